The van der Waals surface area contributed by atoms with E-state index in [0.29, 0.717) is 5.78 Å². The average molecular weight is 124 g/mol. The number of rotatable bonds is 0. The Bertz CT molecular complexity index is 126. The first kappa shape index (κ1) is 5.45. The van der Waals surface area contributed by atoms with Gasteiger partial charge in [-0.05, 0) is 31.1 Å². The predicted molar refractivity (Wildman–Crippen MR) is 35.1 cm³/mol. The lowest BCUT2D eigenvalue weighted by Crippen LogP contribution is -2.14. The van der Waals surface area contributed by atoms with E-state index in [1.165, 1.54) is 19.3 Å². The van der Waals surface area contributed by atoms with Crippen molar-refractivity contribution in [3.05, 3.63) is 0 Å². The van der Waals surface area contributed by atoms with E-state index in [0.717, 1.165) is 24.7 Å². The van der Waals surface area contributed by atoms with Gasteiger partial charge in [-0.1, -0.05) is 0 Å². The van der Waals surface area contributed by atoms with Crippen LogP contribution in [0.1, 0.15) is 32.1 Å². The number of ketones is 1. The lowest BCUT2D eigenvalue weighted by atomic mass is 9.88. The molecule has 2 saturated carbocycles. The molecule has 0 spiro atoms. The summed E-state index contributed by atoms with van der Waals surface area (Å²) in [6.45, 7) is 0. The Morgan fingerprint density at radius 1 is 1.11 bits per heavy atom. The summed E-state index contributed by atoms with van der Waals surface area (Å²) in [5.41, 5.74) is 0. The maximum absolute atomic E-state index is 10.9. The first-order chi connectivity index (χ1) is 4.34. The molecule has 2 aliphatic rings. The Morgan fingerprint density at radius 2 is 1.67 bits per heavy atom. The number of hydrogen-bond donors (Lipinski definition) is 0. The van der Waals surface area contributed by atoms with Crippen LogP contribution in [0.15, 0.2) is 0 Å². The Labute approximate surface area is 55.4 Å². The molecule has 0 amide bonds. The van der Waals surface area contributed by atoms with E-state index in [1.54, 1.807) is 0 Å². The van der Waals surface area contributed by atoms with Crippen LogP contribution in [-0.2, 0) is 4.79 Å². The number of fused-ring (bicyclic) bond motifs is 2. The highest BCUT2D eigenvalue weighted by Gasteiger charge is 2.32. The Morgan fingerprint density at radius 3 is 2.22 bits per heavy atom. The summed E-state index contributed by atoms with van der Waals surface area (Å²) < 4.78 is 0. The predicted octanol–water partition coefficient (Wildman–Crippen LogP) is 1.77. The van der Waals surface area contributed by atoms with Crippen LogP contribution in [-0.4, -0.2) is 5.78 Å². The van der Waals surface area contributed by atoms with Crippen molar-refractivity contribution in [1.29, 1.82) is 0 Å². The molecule has 2 bridgehead atoms. The lowest BCUT2D eigenvalue weighted by molar-refractivity contribution is -0.121. The van der Waals surface area contributed by atoms with Crippen molar-refractivity contribution in [2.24, 2.45) is 11.8 Å². The van der Waals surface area contributed by atoms with Crippen LogP contribution in [0.4, 0.5) is 0 Å². The van der Waals surface area contributed by atoms with Gasteiger partial charge in [-0.25, -0.2) is 0 Å². The average Bonchev–Trinajstić information content (AvgIpc) is 2.11. The Hall–Kier alpha value is -0.330. The standard InChI is InChI=1S/C8H12O/c9-8-4-6-1-2-7(3-6)5-8/h6-7H,1-5H2. The van der Waals surface area contributed by atoms with Crippen LogP contribution in [0.25, 0.3) is 0 Å². The fraction of sp³-hybridized carbons (Fsp3) is 0.875. The van der Waals surface area contributed by atoms with E-state index in [4.69, 9.17) is 0 Å². The minimum absolute atomic E-state index is 0.522. The molecule has 0 radical (unpaired) electrons. The van der Waals surface area contributed by atoms with E-state index in [9.17, 15) is 4.79 Å². The fourth-order valence-electron chi connectivity index (χ4n) is 2.28. The molecule has 1 nitrogen and oxygen atoms in total. The van der Waals surface area contributed by atoms with Crippen LogP contribution in [0.2, 0.25) is 0 Å². The second-order valence-electron chi connectivity index (χ2n) is 3.49. The molecule has 1 heteroatoms. The summed E-state index contributed by atoms with van der Waals surface area (Å²) in [5, 5.41) is 0. The molecule has 0 aromatic rings. The summed E-state index contributed by atoms with van der Waals surface area (Å²) in [6, 6.07) is 0. The SMILES string of the molecule is O=C1CC2CCC(C1)C2. The maximum Gasteiger partial charge on any atom is 0.133 e. The van der Waals surface area contributed by atoms with Crippen molar-refractivity contribution in [1.82, 2.24) is 0 Å². The number of hydrogen-bond acceptors (Lipinski definition) is 1. The van der Waals surface area contributed by atoms with Crippen molar-refractivity contribution < 1.29 is 4.79 Å². The first-order valence-electron chi connectivity index (χ1n) is 3.86. The molecular weight excluding hydrogens is 112 g/mol. The van der Waals surface area contributed by atoms with Crippen molar-refractivity contribution in [3.63, 3.8) is 0 Å². The van der Waals surface area contributed by atoms with Gasteiger partial charge >= 0.3 is 0 Å². The third-order valence-electron chi connectivity index (χ3n) is 2.68. The highest BCUT2D eigenvalue weighted by molar-refractivity contribution is 5.79. The normalized spacial score (nSPS) is 41.6. The number of Topliss-reactive ketones (excluding diaryl/α,β-unsaturated/α-hetero) is 1. The highest BCUT2D eigenvalue weighted by Crippen LogP contribution is 2.39. The van der Waals surface area contributed by atoms with Crippen molar-refractivity contribution >= 4 is 5.78 Å². The van der Waals surface area contributed by atoms with E-state index >= 15 is 0 Å². The fourth-order valence-corrected chi connectivity index (χ4v) is 2.28. The number of carbonyl (C=O) groups is 1. The molecule has 0 aliphatic heterocycles. The summed E-state index contributed by atoms with van der Waals surface area (Å²) in [4.78, 5) is 10.9. The zero-order chi connectivity index (χ0) is 6.27. The van der Waals surface area contributed by atoms with Gasteiger partial charge in [0.2, 0.25) is 0 Å². The zero-order valence-electron chi connectivity index (χ0n) is 5.60. The van der Waals surface area contributed by atoms with Gasteiger partial charge in [0.05, 0.1) is 0 Å². The van der Waals surface area contributed by atoms with Gasteiger partial charge in [0.25, 0.3) is 0 Å². The molecule has 0 heterocycles. The minimum atomic E-state index is 0.522. The van der Waals surface area contributed by atoms with E-state index in [2.05, 4.69) is 0 Å². The van der Waals surface area contributed by atoms with Crippen molar-refractivity contribution in [2.75, 3.05) is 0 Å². The van der Waals surface area contributed by atoms with E-state index in [1.807, 2.05) is 0 Å². The minimum Gasteiger partial charge on any atom is -0.300 e. The first-order valence-corrected chi connectivity index (χ1v) is 3.86. The van der Waals surface area contributed by atoms with Gasteiger partial charge in [0, 0.05) is 12.8 Å². The highest BCUT2D eigenvalue weighted by atomic mass is 16.1. The third kappa shape index (κ3) is 0.887. The molecule has 0 N–H and O–H groups in total. The van der Waals surface area contributed by atoms with E-state index < -0.39 is 0 Å². The summed E-state index contributed by atoms with van der Waals surface area (Å²) in [5.74, 6) is 2.10. The summed E-state index contributed by atoms with van der Waals surface area (Å²) >= 11 is 0. The van der Waals surface area contributed by atoms with Crippen LogP contribution in [0.3, 0.4) is 0 Å². The molecular formula is C8H12O. The molecule has 0 aromatic carbocycles. The van der Waals surface area contributed by atoms with Gasteiger partial charge in [-0.2, -0.15) is 0 Å². The van der Waals surface area contributed by atoms with Crippen LogP contribution in [0.5, 0.6) is 0 Å². The molecule has 50 valence electrons. The maximum atomic E-state index is 10.9. The zero-order valence-corrected chi connectivity index (χ0v) is 5.60. The topological polar surface area (TPSA) is 17.1 Å². The van der Waals surface area contributed by atoms with Gasteiger partial charge in [-0.15, -0.1) is 0 Å². The largest absolute Gasteiger partial charge is 0.300 e. The Balaban J connectivity index is 2.11. The molecule has 2 aliphatic carbocycles. The van der Waals surface area contributed by atoms with Crippen LogP contribution >= 0.6 is 0 Å². The molecule has 9 heavy (non-hydrogen) atoms. The molecule has 2 atom stereocenters. The molecule has 0 saturated heterocycles. The smallest absolute Gasteiger partial charge is 0.133 e. The summed E-state index contributed by atoms with van der Waals surface area (Å²) in [7, 11) is 0. The quantitative estimate of drug-likeness (QED) is 0.481. The second kappa shape index (κ2) is 1.83. The van der Waals surface area contributed by atoms with Crippen LogP contribution in [0, 0.1) is 11.8 Å². The van der Waals surface area contributed by atoms with Gasteiger partial charge in [0.15, 0.2) is 0 Å². The van der Waals surface area contributed by atoms with E-state index in [-0.39, 0.29) is 0 Å². The third-order valence-corrected chi connectivity index (χ3v) is 2.68. The summed E-state index contributed by atoms with van der Waals surface area (Å²) in [6.07, 6.45) is 5.81. The Kier molecular flexibility index (Phi) is 1.11. The van der Waals surface area contributed by atoms with Crippen molar-refractivity contribution in [2.45, 2.75) is 32.1 Å². The molecule has 2 rings (SSSR count). The van der Waals surface area contributed by atoms with Gasteiger partial charge in [-0.3, -0.25) is 4.79 Å². The monoisotopic (exact) mass is 124 g/mol. The van der Waals surface area contributed by atoms with Crippen LogP contribution < -0.4 is 0 Å². The van der Waals surface area contributed by atoms with Gasteiger partial charge < -0.3 is 0 Å². The lowest BCUT2D eigenvalue weighted by Gasteiger charge is -2.15. The molecule has 0 aromatic heterocycles. The molecule has 2 unspecified atom stereocenters. The van der Waals surface area contributed by atoms with Crippen molar-refractivity contribution in [3.8, 4) is 0 Å². The molecule has 2 fully saturated rings. The number of carbonyl (C=O) groups excluding carboxylic acids is 1. The second-order valence-corrected chi connectivity index (χ2v) is 3.49. The van der Waals surface area contributed by atoms with Gasteiger partial charge in [0.1, 0.15) is 5.78 Å².